The molecule has 1 aromatic heterocycles. The van der Waals surface area contributed by atoms with E-state index in [1.54, 1.807) is 11.3 Å². The molecule has 0 aliphatic rings. The lowest BCUT2D eigenvalue weighted by Crippen LogP contribution is -2.27. The van der Waals surface area contributed by atoms with Crippen LogP contribution in [-0.4, -0.2) is 11.7 Å². The first kappa shape index (κ1) is 17.3. The van der Waals surface area contributed by atoms with Crippen LogP contribution in [-0.2, 0) is 4.74 Å². The molecule has 0 aliphatic carbocycles. The van der Waals surface area contributed by atoms with Crippen LogP contribution >= 0.6 is 11.3 Å². The van der Waals surface area contributed by atoms with E-state index in [-0.39, 0.29) is 6.04 Å². The molecular weight excluding hydrogens is 308 g/mol. The van der Waals surface area contributed by atoms with Crippen LogP contribution in [0.3, 0.4) is 0 Å². The molecule has 2 rings (SSSR count). The molecule has 4 nitrogen and oxygen atoms in total. The highest BCUT2D eigenvalue weighted by molar-refractivity contribution is 7.12. The Kier molecular flexibility index (Phi) is 5.31. The number of aryl methyl sites for hydroxylation is 1. The molecule has 124 valence electrons. The van der Waals surface area contributed by atoms with Crippen molar-refractivity contribution >= 4 is 28.8 Å². The number of carbonyl (C=O) groups is 1. The highest BCUT2D eigenvalue weighted by Crippen LogP contribution is 2.26. The quantitative estimate of drug-likeness (QED) is 0.769. The lowest BCUT2D eigenvalue weighted by atomic mass is 10.2. The minimum absolute atomic E-state index is 0.213. The number of hydrogen-bond acceptors (Lipinski definition) is 4. The summed E-state index contributed by atoms with van der Waals surface area (Å²) in [5, 5.41) is 6.21. The highest BCUT2D eigenvalue weighted by Gasteiger charge is 2.16. The van der Waals surface area contributed by atoms with Gasteiger partial charge in [-0.3, -0.25) is 5.32 Å². The van der Waals surface area contributed by atoms with Crippen LogP contribution in [0.25, 0.3) is 0 Å². The van der Waals surface area contributed by atoms with Gasteiger partial charge in [-0.05, 0) is 65.0 Å². The van der Waals surface area contributed by atoms with Gasteiger partial charge in [0.15, 0.2) is 0 Å². The summed E-state index contributed by atoms with van der Waals surface area (Å²) < 4.78 is 5.27. The number of ether oxygens (including phenoxy) is 1. The number of amides is 1. The molecule has 1 aromatic carbocycles. The number of rotatable bonds is 4. The summed E-state index contributed by atoms with van der Waals surface area (Å²) in [6, 6.07) is 12.1. The summed E-state index contributed by atoms with van der Waals surface area (Å²) >= 11 is 1.78. The van der Waals surface area contributed by atoms with E-state index in [1.165, 1.54) is 9.75 Å². The molecule has 23 heavy (non-hydrogen) atoms. The summed E-state index contributed by atoms with van der Waals surface area (Å²) in [5.41, 5.74) is 1.15. The van der Waals surface area contributed by atoms with Crippen LogP contribution < -0.4 is 10.6 Å². The molecule has 0 spiro atoms. The molecule has 0 bridgehead atoms. The largest absolute Gasteiger partial charge is 0.444 e. The molecule has 1 heterocycles. The molecular formula is C18H24N2O2S. The molecule has 1 amide bonds. The monoisotopic (exact) mass is 332 g/mol. The van der Waals surface area contributed by atoms with Crippen molar-refractivity contribution in [3.63, 3.8) is 0 Å². The maximum absolute atomic E-state index is 11.8. The third-order valence-electron chi connectivity index (χ3n) is 3.08. The normalized spacial score (nSPS) is 12.6. The van der Waals surface area contributed by atoms with Gasteiger partial charge >= 0.3 is 6.09 Å². The number of nitrogens with one attached hydrogen (secondary N) is 2. The van der Waals surface area contributed by atoms with E-state index in [9.17, 15) is 4.79 Å². The standard InChI is InChI=1S/C18H24N2O2S/c1-12-9-10-16(23-12)13(2)19-14-7-6-8-15(11-14)20-17(21)22-18(3,4)5/h6-11,13,19H,1-5H3,(H,20,21). The smallest absolute Gasteiger partial charge is 0.412 e. The first-order chi connectivity index (χ1) is 10.7. The van der Waals surface area contributed by atoms with E-state index in [0.717, 1.165) is 5.69 Å². The predicted molar refractivity (Wildman–Crippen MR) is 97.4 cm³/mol. The van der Waals surface area contributed by atoms with Gasteiger partial charge in [0, 0.05) is 21.1 Å². The van der Waals surface area contributed by atoms with Crippen molar-refractivity contribution in [1.29, 1.82) is 0 Å². The second-order valence-corrected chi connectivity index (χ2v) is 7.84. The van der Waals surface area contributed by atoms with Gasteiger partial charge in [0.25, 0.3) is 0 Å². The first-order valence-corrected chi connectivity index (χ1v) is 8.47. The molecule has 1 atom stereocenters. The number of benzene rings is 1. The van der Waals surface area contributed by atoms with Crippen LogP contribution in [0, 0.1) is 6.92 Å². The average Bonchev–Trinajstić information content (AvgIpc) is 2.83. The molecule has 0 radical (unpaired) electrons. The van der Waals surface area contributed by atoms with Gasteiger partial charge in [-0.1, -0.05) is 6.07 Å². The Morgan fingerprint density at radius 3 is 2.48 bits per heavy atom. The Bertz CT molecular complexity index is 674. The lowest BCUT2D eigenvalue weighted by molar-refractivity contribution is 0.0636. The minimum atomic E-state index is -0.508. The Balaban J connectivity index is 2.01. The zero-order valence-corrected chi connectivity index (χ0v) is 15.1. The van der Waals surface area contributed by atoms with E-state index in [0.29, 0.717) is 5.69 Å². The topological polar surface area (TPSA) is 50.4 Å². The molecule has 2 aromatic rings. The van der Waals surface area contributed by atoms with Gasteiger partial charge < -0.3 is 10.1 Å². The highest BCUT2D eigenvalue weighted by atomic mass is 32.1. The SMILES string of the molecule is Cc1ccc(C(C)Nc2cccc(NC(=O)OC(C)(C)C)c2)s1. The zero-order chi connectivity index (χ0) is 17.0. The van der Waals surface area contributed by atoms with Crippen LogP contribution in [0.15, 0.2) is 36.4 Å². The molecule has 0 saturated heterocycles. The molecule has 5 heteroatoms. The maximum Gasteiger partial charge on any atom is 0.412 e. The fourth-order valence-corrected chi connectivity index (χ4v) is 3.00. The summed E-state index contributed by atoms with van der Waals surface area (Å²) in [5.74, 6) is 0. The van der Waals surface area contributed by atoms with Gasteiger partial charge in [0.2, 0.25) is 0 Å². The Morgan fingerprint density at radius 2 is 1.87 bits per heavy atom. The Labute approximate surface area is 141 Å². The van der Waals surface area contributed by atoms with Crippen molar-refractivity contribution in [3.05, 3.63) is 46.2 Å². The lowest BCUT2D eigenvalue weighted by Gasteiger charge is -2.20. The number of thiophene rings is 1. The van der Waals surface area contributed by atoms with Crippen LogP contribution in [0.1, 0.15) is 43.5 Å². The second kappa shape index (κ2) is 7.04. The number of anilines is 2. The van der Waals surface area contributed by atoms with E-state index < -0.39 is 11.7 Å². The Hall–Kier alpha value is -2.01. The van der Waals surface area contributed by atoms with E-state index in [4.69, 9.17) is 4.74 Å². The van der Waals surface area contributed by atoms with Crippen molar-refractivity contribution in [2.45, 2.75) is 46.3 Å². The van der Waals surface area contributed by atoms with Gasteiger partial charge in [-0.15, -0.1) is 11.3 Å². The molecule has 1 unspecified atom stereocenters. The van der Waals surface area contributed by atoms with Crippen LogP contribution in [0.2, 0.25) is 0 Å². The summed E-state index contributed by atoms with van der Waals surface area (Å²) in [4.78, 5) is 14.4. The third-order valence-corrected chi connectivity index (χ3v) is 4.26. The van der Waals surface area contributed by atoms with Crippen LogP contribution in [0.4, 0.5) is 16.2 Å². The third kappa shape index (κ3) is 5.60. The predicted octanol–water partition coefficient (Wildman–Crippen LogP) is 5.58. The molecule has 0 saturated carbocycles. The van der Waals surface area contributed by atoms with Crippen molar-refractivity contribution < 1.29 is 9.53 Å². The summed E-state index contributed by atoms with van der Waals surface area (Å²) in [6.45, 7) is 9.76. The van der Waals surface area contributed by atoms with Gasteiger partial charge in [0.05, 0.1) is 6.04 Å². The van der Waals surface area contributed by atoms with Gasteiger partial charge in [0.1, 0.15) is 5.60 Å². The Morgan fingerprint density at radius 1 is 1.17 bits per heavy atom. The van der Waals surface area contributed by atoms with E-state index >= 15 is 0 Å². The van der Waals surface area contributed by atoms with Gasteiger partial charge in [-0.2, -0.15) is 0 Å². The zero-order valence-electron chi connectivity index (χ0n) is 14.3. The molecule has 0 aliphatic heterocycles. The minimum Gasteiger partial charge on any atom is -0.444 e. The van der Waals surface area contributed by atoms with Crippen molar-refractivity contribution in [1.82, 2.24) is 0 Å². The van der Waals surface area contributed by atoms with Crippen molar-refractivity contribution in [2.75, 3.05) is 10.6 Å². The molecule has 0 fully saturated rings. The second-order valence-electron chi connectivity index (χ2n) is 6.52. The first-order valence-electron chi connectivity index (χ1n) is 7.66. The van der Waals surface area contributed by atoms with Crippen LogP contribution in [0.5, 0.6) is 0 Å². The van der Waals surface area contributed by atoms with Crippen molar-refractivity contribution in [3.8, 4) is 0 Å². The van der Waals surface area contributed by atoms with E-state index in [1.807, 2.05) is 45.0 Å². The van der Waals surface area contributed by atoms with Crippen molar-refractivity contribution in [2.24, 2.45) is 0 Å². The summed E-state index contributed by atoms with van der Waals surface area (Å²) in [7, 11) is 0. The molecule has 2 N–H and O–H groups in total. The summed E-state index contributed by atoms with van der Waals surface area (Å²) in [6.07, 6.45) is -0.448. The maximum atomic E-state index is 11.8. The number of hydrogen-bond donors (Lipinski definition) is 2. The fraction of sp³-hybridized carbons (Fsp3) is 0.389. The van der Waals surface area contributed by atoms with E-state index in [2.05, 4.69) is 36.6 Å². The fourth-order valence-electron chi connectivity index (χ4n) is 2.12. The average molecular weight is 332 g/mol. The number of carbonyl (C=O) groups excluding carboxylic acids is 1. The van der Waals surface area contributed by atoms with Gasteiger partial charge in [-0.25, -0.2) is 4.79 Å².